The molecular formula is C16H25NO3. The highest BCUT2D eigenvalue weighted by Crippen LogP contribution is 2.18. The van der Waals surface area contributed by atoms with Crippen molar-refractivity contribution in [3.63, 3.8) is 0 Å². The summed E-state index contributed by atoms with van der Waals surface area (Å²) in [6, 6.07) is 7.21. The van der Waals surface area contributed by atoms with Crippen LogP contribution in [-0.2, 0) is 4.79 Å². The summed E-state index contributed by atoms with van der Waals surface area (Å²) < 4.78 is 0. The Labute approximate surface area is 120 Å². The van der Waals surface area contributed by atoms with Crippen LogP contribution in [0.5, 0.6) is 0 Å². The third-order valence-electron chi connectivity index (χ3n) is 3.42. The van der Waals surface area contributed by atoms with E-state index >= 15 is 0 Å². The number of rotatable bonds is 8. The van der Waals surface area contributed by atoms with Gasteiger partial charge in [0.15, 0.2) is 0 Å². The molecule has 0 fully saturated rings. The fraction of sp³-hybridized carbons (Fsp3) is 0.562. The zero-order chi connectivity index (χ0) is 15.1. The first-order valence-electron chi connectivity index (χ1n) is 7.19. The van der Waals surface area contributed by atoms with Gasteiger partial charge in [-0.25, -0.2) is 0 Å². The van der Waals surface area contributed by atoms with Crippen molar-refractivity contribution in [3.05, 3.63) is 35.4 Å². The van der Waals surface area contributed by atoms with Gasteiger partial charge in [-0.15, -0.1) is 0 Å². The maximum absolute atomic E-state index is 11.0. The Kier molecular flexibility index (Phi) is 6.68. The smallest absolute Gasteiger partial charge is 0.320 e. The number of hydrogen-bond donors (Lipinski definition) is 3. The van der Waals surface area contributed by atoms with Crippen LogP contribution >= 0.6 is 0 Å². The summed E-state index contributed by atoms with van der Waals surface area (Å²) in [5, 5.41) is 22.0. The van der Waals surface area contributed by atoms with Crippen LogP contribution in [0.4, 0.5) is 0 Å². The number of hydrogen-bond acceptors (Lipinski definition) is 3. The minimum absolute atomic E-state index is 0.248. The summed E-state index contributed by atoms with van der Waals surface area (Å²) in [5.74, 6) is -0.408. The minimum Gasteiger partial charge on any atom is -0.480 e. The Bertz CT molecular complexity index is 414. The molecule has 4 nitrogen and oxygen atoms in total. The third-order valence-corrected chi connectivity index (χ3v) is 3.42. The van der Waals surface area contributed by atoms with Crippen LogP contribution in [0, 0.1) is 0 Å². The number of carboxylic acid groups (broad SMARTS) is 1. The molecule has 0 heterocycles. The first kappa shape index (κ1) is 16.7. The van der Waals surface area contributed by atoms with Gasteiger partial charge in [0.25, 0.3) is 0 Å². The molecule has 0 aliphatic rings. The highest BCUT2D eigenvalue weighted by atomic mass is 16.4. The van der Waals surface area contributed by atoms with Gasteiger partial charge < -0.3 is 15.5 Å². The largest absolute Gasteiger partial charge is 0.480 e. The average molecular weight is 279 g/mol. The van der Waals surface area contributed by atoms with Crippen LogP contribution < -0.4 is 5.32 Å². The van der Waals surface area contributed by atoms with Gasteiger partial charge in [0.05, 0.1) is 6.10 Å². The summed E-state index contributed by atoms with van der Waals surface area (Å²) in [6.45, 7) is 6.43. The average Bonchev–Trinajstić information content (AvgIpc) is 2.42. The lowest BCUT2D eigenvalue weighted by molar-refractivity contribution is -0.139. The lowest BCUT2D eigenvalue weighted by Crippen LogP contribution is -2.38. The number of benzene rings is 1. The molecule has 2 unspecified atom stereocenters. The number of aliphatic carboxylic acids is 1. The molecule has 1 aromatic rings. The maximum Gasteiger partial charge on any atom is 0.320 e. The summed E-state index contributed by atoms with van der Waals surface area (Å²) in [6.07, 6.45) is 0.673. The van der Waals surface area contributed by atoms with E-state index in [9.17, 15) is 9.90 Å². The molecule has 0 bridgehead atoms. The number of carbonyl (C=O) groups is 1. The van der Waals surface area contributed by atoms with Crippen molar-refractivity contribution in [2.75, 3.05) is 6.54 Å². The Hall–Kier alpha value is -1.39. The van der Waals surface area contributed by atoms with Gasteiger partial charge in [-0.1, -0.05) is 51.5 Å². The molecule has 1 aromatic carbocycles. The van der Waals surface area contributed by atoms with E-state index < -0.39 is 18.1 Å². The first-order chi connectivity index (χ1) is 9.45. The molecule has 0 aromatic heterocycles. The van der Waals surface area contributed by atoms with Gasteiger partial charge in [-0.05, 0) is 23.5 Å². The highest BCUT2D eigenvalue weighted by Gasteiger charge is 2.17. The maximum atomic E-state index is 11.0. The fourth-order valence-electron chi connectivity index (χ4n) is 2.08. The number of nitrogens with one attached hydrogen (secondary N) is 1. The van der Waals surface area contributed by atoms with E-state index in [0.717, 1.165) is 12.0 Å². The molecule has 20 heavy (non-hydrogen) atoms. The molecule has 0 aliphatic carbocycles. The van der Waals surface area contributed by atoms with Crippen molar-refractivity contribution in [1.29, 1.82) is 0 Å². The van der Waals surface area contributed by atoms with Gasteiger partial charge in [0.2, 0.25) is 0 Å². The van der Waals surface area contributed by atoms with Gasteiger partial charge >= 0.3 is 5.97 Å². The summed E-state index contributed by atoms with van der Waals surface area (Å²) >= 11 is 0. The van der Waals surface area contributed by atoms with Crippen molar-refractivity contribution in [2.24, 2.45) is 0 Å². The van der Waals surface area contributed by atoms with Crippen LogP contribution in [0.25, 0.3) is 0 Å². The Balaban J connectivity index is 2.57. The predicted octanol–water partition coefficient (Wildman–Crippen LogP) is 2.69. The second-order valence-electron chi connectivity index (χ2n) is 5.42. The SMILES string of the molecule is CCCC(NCC(O)c1ccc(C(C)C)cc1)C(=O)O. The van der Waals surface area contributed by atoms with E-state index in [1.165, 1.54) is 5.56 Å². The number of aliphatic hydroxyl groups excluding tert-OH is 1. The minimum atomic E-state index is -0.866. The molecule has 0 spiro atoms. The Morgan fingerprint density at radius 2 is 1.75 bits per heavy atom. The van der Waals surface area contributed by atoms with Crippen molar-refractivity contribution in [1.82, 2.24) is 5.32 Å². The van der Waals surface area contributed by atoms with E-state index in [1.54, 1.807) is 0 Å². The van der Waals surface area contributed by atoms with Crippen LogP contribution in [0.3, 0.4) is 0 Å². The second kappa shape index (κ2) is 8.02. The molecule has 112 valence electrons. The van der Waals surface area contributed by atoms with Crippen molar-refractivity contribution < 1.29 is 15.0 Å². The highest BCUT2D eigenvalue weighted by molar-refractivity contribution is 5.73. The van der Waals surface area contributed by atoms with E-state index in [2.05, 4.69) is 19.2 Å². The molecule has 1 rings (SSSR count). The molecule has 0 radical (unpaired) electrons. The van der Waals surface area contributed by atoms with Gasteiger partial charge in [-0.2, -0.15) is 0 Å². The van der Waals surface area contributed by atoms with E-state index in [-0.39, 0.29) is 6.54 Å². The summed E-state index contributed by atoms with van der Waals surface area (Å²) in [5.41, 5.74) is 2.03. The second-order valence-corrected chi connectivity index (χ2v) is 5.42. The Morgan fingerprint density at radius 1 is 1.20 bits per heavy atom. The quantitative estimate of drug-likeness (QED) is 0.684. The zero-order valence-corrected chi connectivity index (χ0v) is 12.5. The van der Waals surface area contributed by atoms with Gasteiger partial charge in [0, 0.05) is 6.54 Å². The van der Waals surface area contributed by atoms with E-state index in [4.69, 9.17) is 5.11 Å². The lowest BCUT2D eigenvalue weighted by Gasteiger charge is -2.17. The molecule has 2 atom stereocenters. The van der Waals surface area contributed by atoms with E-state index in [1.807, 2.05) is 31.2 Å². The lowest BCUT2D eigenvalue weighted by atomic mass is 10.00. The molecule has 0 saturated carbocycles. The van der Waals surface area contributed by atoms with Crippen LogP contribution in [0.1, 0.15) is 56.8 Å². The first-order valence-corrected chi connectivity index (χ1v) is 7.19. The number of carboxylic acids is 1. The molecule has 4 heteroatoms. The van der Waals surface area contributed by atoms with Gasteiger partial charge in [0.1, 0.15) is 6.04 Å². The molecule has 0 saturated heterocycles. The van der Waals surface area contributed by atoms with Crippen molar-refractivity contribution in [3.8, 4) is 0 Å². The molecular weight excluding hydrogens is 254 g/mol. The van der Waals surface area contributed by atoms with Crippen molar-refractivity contribution in [2.45, 2.75) is 51.7 Å². The van der Waals surface area contributed by atoms with Crippen LogP contribution in [-0.4, -0.2) is 28.8 Å². The van der Waals surface area contributed by atoms with Crippen molar-refractivity contribution >= 4 is 5.97 Å². The van der Waals surface area contributed by atoms with Gasteiger partial charge in [-0.3, -0.25) is 4.79 Å². The molecule has 3 N–H and O–H groups in total. The number of aliphatic hydroxyl groups is 1. The van der Waals surface area contributed by atoms with Crippen LogP contribution in [0.15, 0.2) is 24.3 Å². The standard InChI is InChI=1S/C16H25NO3/c1-4-5-14(16(19)20)17-10-15(18)13-8-6-12(7-9-13)11(2)3/h6-9,11,14-15,17-18H,4-5,10H2,1-3H3,(H,19,20). The molecule has 0 aliphatic heterocycles. The topological polar surface area (TPSA) is 69.6 Å². The monoisotopic (exact) mass is 279 g/mol. The normalized spacial score (nSPS) is 14.2. The summed E-state index contributed by atoms with van der Waals surface area (Å²) in [4.78, 5) is 11.0. The third kappa shape index (κ3) is 4.94. The zero-order valence-electron chi connectivity index (χ0n) is 12.5. The summed E-state index contributed by atoms with van der Waals surface area (Å²) in [7, 11) is 0. The predicted molar refractivity (Wildman–Crippen MR) is 79.8 cm³/mol. The fourth-order valence-corrected chi connectivity index (χ4v) is 2.08. The van der Waals surface area contributed by atoms with Crippen LogP contribution in [0.2, 0.25) is 0 Å². The Morgan fingerprint density at radius 3 is 2.20 bits per heavy atom. The van der Waals surface area contributed by atoms with E-state index in [0.29, 0.717) is 12.3 Å². The molecule has 0 amide bonds.